The Hall–Kier alpha value is -2.15. The van der Waals surface area contributed by atoms with Crippen molar-refractivity contribution in [2.75, 3.05) is 32.1 Å². The Labute approximate surface area is 141 Å². The maximum atomic E-state index is 12.8. The second-order valence-corrected chi connectivity index (χ2v) is 6.82. The van der Waals surface area contributed by atoms with E-state index in [1.807, 2.05) is 14.1 Å². The molecular formula is C17H24N4O3. The van der Waals surface area contributed by atoms with Crippen molar-refractivity contribution in [1.29, 1.82) is 0 Å². The van der Waals surface area contributed by atoms with Crippen LogP contribution in [0.4, 0.5) is 11.4 Å². The number of anilines is 1. The van der Waals surface area contributed by atoms with Gasteiger partial charge in [-0.05, 0) is 31.9 Å². The summed E-state index contributed by atoms with van der Waals surface area (Å²) >= 11 is 0. The van der Waals surface area contributed by atoms with Crippen molar-refractivity contribution in [3.8, 4) is 0 Å². The standard InChI is InChI=1S/C17H24N4O3/c1-19(2)15-7-6-12(21(23)24)11-13(15)17(22)18-14-8-10-20-9-4-3-5-16(14)20/h6-7,11,14,16H,3-5,8-10H2,1-2H3,(H,18,22)/t14-,16-/m0/s1. The molecule has 1 aromatic rings. The fraction of sp³-hybridized carbons (Fsp3) is 0.588. The van der Waals surface area contributed by atoms with Gasteiger partial charge >= 0.3 is 0 Å². The number of hydrogen-bond acceptors (Lipinski definition) is 5. The first-order valence-electron chi connectivity index (χ1n) is 8.48. The van der Waals surface area contributed by atoms with E-state index in [2.05, 4.69) is 10.2 Å². The molecule has 7 heteroatoms. The summed E-state index contributed by atoms with van der Waals surface area (Å²) in [6.45, 7) is 2.13. The van der Waals surface area contributed by atoms with Gasteiger partial charge in [0.15, 0.2) is 0 Å². The third-order valence-electron chi connectivity index (χ3n) is 5.09. The minimum atomic E-state index is -0.464. The van der Waals surface area contributed by atoms with Gasteiger partial charge in [0.2, 0.25) is 0 Å². The number of fused-ring (bicyclic) bond motifs is 1. The summed E-state index contributed by atoms with van der Waals surface area (Å²) in [5, 5.41) is 14.2. The maximum Gasteiger partial charge on any atom is 0.270 e. The lowest BCUT2D eigenvalue weighted by atomic mass is 9.98. The number of nitrogens with one attached hydrogen (secondary N) is 1. The minimum Gasteiger partial charge on any atom is -0.377 e. The number of carbonyl (C=O) groups is 1. The average Bonchev–Trinajstić information content (AvgIpc) is 2.97. The molecular weight excluding hydrogens is 308 g/mol. The zero-order valence-electron chi connectivity index (χ0n) is 14.2. The van der Waals surface area contributed by atoms with Crippen molar-refractivity contribution >= 4 is 17.3 Å². The maximum absolute atomic E-state index is 12.8. The monoisotopic (exact) mass is 332 g/mol. The minimum absolute atomic E-state index is 0.0588. The van der Waals surface area contributed by atoms with E-state index in [0.29, 0.717) is 17.3 Å². The molecule has 24 heavy (non-hydrogen) atoms. The van der Waals surface area contributed by atoms with E-state index in [-0.39, 0.29) is 17.6 Å². The van der Waals surface area contributed by atoms with Gasteiger partial charge in [0.05, 0.1) is 10.5 Å². The van der Waals surface area contributed by atoms with Gasteiger partial charge in [0, 0.05) is 50.5 Å². The van der Waals surface area contributed by atoms with E-state index >= 15 is 0 Å². The van der Waals surface area contributed by atoms with Crippen molar-refractivity contribution < 1.29 is 9.72 Å². The van der Waals surface area contributed by atoms with Crippen molar-refractivity contribution in [1.82, 2.24) is 10.2 Å². The van der Waals surface area contributed by atoms with Crippen LogP contribution in [0.15, 0.2) is 18.2 Å². The van der Waals surface area contributed by atoms with Crippen molar-refractivity contribution in [2.45, 2.75) is 37.8 Å². The highest BCUT2D eigenvalue weighted by atomic mass is 16.6. The van der Waals surface area contributed by atoms with E-state index < -0.39 is 4.92 Å². The van der Waals surface area contributed by atoms with E-state index in [9.17, 15) is 14.9 Å². The molecule has 2 atom stereocenters. The molecule has 0 spiro atoms. The first-order valence-corrected chi connectivity index (χ1v) is 8.48. The summed E-state index contributed by atoms with van der Waals surface area (Å²) in [7, 11) is 3.66. The molecule has 1 amide bonds. The molecule has 3 rings (SSSR count). The molecule has 0 unspecified atom stereocenters. The summed E-state index contributed by atoms with van der Waals surface area (Å²) in [5.41, 5.74) is 0.997. The van der Waals surface area contributed by atoms with Gasteiger partial charge in [-0.3, -0.25) is 19.8 Å². The Morgan fingerprint density at radius 1 is 1.29 bits per heavy atom. The van der Waals surface area contributed by atoms with Gasteiger partial charge in [0.25, 0.3) is 11.6 Å². The molecule has 0 bridgehead atoms. The first-order chi connectivity index (χ1) is 11.5. The largest absolute Gasteiger partial charge is 0.377 e. The Kier molecular flexibility index (Phi) is 4.71. The molecule has 0 aliphatic carbocycles. The number of amides is 1. The zero-order valence-corrected chi connectivity index (χ0v) is 14.2. The Morgan fingerprint density at radius 2 is 2.08 bits per heavy atom. The van der Waals surface area contributed by atoms with Gasteiger partial charge in [-0.1, -0.05) is 6.42 Å². The van der Waals surface area contributed by atoms with Crippen LogP contribution in [0.3, 0.4) is 0 Å². The quantitative estimate of drug-likeness (QED) is 0.674. The molecule has 1 aromatic carbocycles. The molecule has 0 aromatic heterocycles. The Bertz CT molecular complexity index is 647. The lowest BCUT2D eigenvalue weighted by Gasteiger charge is -2.32. The van der Waals surface area contributed by atoms with Gasteiger partial charge in [-0.25, -0.2) is 0 Å². The highest BCUT2D eigenvalue weighted by Gasteiger charge is 2.36. The molecule has 7 nitrogen and oxygen atoms in total. The predicted octanol–water partition coefficient (Wildman–Crippen LogP) is 2.02. The molecule has 130 valence electrons. The normalized spacial score (nSPS) is 23.6. The first kappa shape index (κ1) is 16.7. The van der Waals surface area contributed by atoms with Crippen molar-refractivity contribution in [2.24, 2.45) is 0 Å². The molecule has 2 saturated heterocycles. The second-order valence-electron chi connectivity index (χ2n) is 6.82. The fourth-order valence-electron chi connectivity index (χ4n) is 3.87. The van der Waals surface area contributed by atoms with Crippen molar-refractivity contribution in [3.63, 3.8) is 0 Å². The molecule has 1 N–H and O–H groups in total. The van der Waals surface area contributed by atoms with Gasteiger partial charge < -0.3 is 10.2 Å². The highest BCUT2D eigenvalue weighted by molar-refractivity contribution is 6.00. The number of nitrogens with zero attached hydrogens (tertiary/aromatic N) is 3. The van der Waals surface area contributed by atoms with Gasteiger partial charge in [0.1, 0.15) is 0 Å². The summed E-state index contributed by atoms with van der Waals surface area (Å²) in [6, 6.07) is 4.98. The average molecular weight is 332 g/mol. The summed E-state index contributed by atoms with van der Waals surface area (Å²) in [4.78, 5) is 27.6. The van der Waals surface area contributed by atoms with Crippen molar-refractivity contribution in [3.05, 3.63) is 33.9 Å². The second kappa shape index (κ2) is 6.76. The third-order valence-corrected chi connectivity index (χ3v) is 5.09. The number of nitro benzene ring substituents is 1. The molecule has 0 saturated carbocycles. The van der Waals surface area contributed by atoms with Gasteiger partial charge in [-0.15, -0.1) is 0 Å². The Morgan fingerprint density at radius 3 is 2.79 bits per heavy atom. The van der Waals surface area contributed by atoms with Crippen LogP contribution in [0.2, 0.25) is 0 Å². The van der Waals surface area contributed by atoms with Crippen LogP contribution in [-0.2, 0) is 0 Å². The number of carbonyl (C=O) groups excluding carboxylic acids is 1. The lowest BCUT2D eigenvalue weighted by molar-refractivity contribution is -0.384. The zero-order chi connectivity index (χ0) is 17.3. The fourth-order valence-corrected chi connectivity index (χ4v) is 3.87. The van der Waals surface area contributed by atoms with Crippen LogP contribution >= 0.6 is 0 Å². The molecule has 2 aliphatic heterocycles. The van der Waals surface area contributed by atoms with Crippen LogP contribution in [0.1, 0.15) is 36.0 Å². The number of piperidine rings is 1. The van der Waals surface area contributed by atoms with Gasteiger partial charge in [-0.2, -0.15) is 0 Å². The molecule has 0 radical (unpaired) electrons. The number of benzene rings is 1. The highest BCUT2D eigenvalue weighted by Crippen LogP contribution is 2.29. The van der Waals surface area contributed by atoms with E-state index in [4.69, 9.17) is 0 Å². The predicted molar refractivity (Wildman–Crippen MR) is 92.5 cm³/mol. The number of non-ortho nitro benzene ring substituents is 1. The number of rotatable bonds is 4. The summed E-state index contributed by atoms with van der Waals surface area (Å²) in [5.74, 6) is -0.222. The molecule has 2 fully saturated rings. The lowest BCUT2D eigenvalue weighted by Crippen LogP contribution is -2.47. The third kappa shape index (κ3) is 3.21. The van der Waals surface area contributed by atoms with Crippen LogP contribution < -0.4 is 10.2 Å². The van der Waals surface area contributed by atoms with Crippen LogP contribution in [-0.4, -0.2) is 55.0 Å². The van der Waals surface area contributed by atoms with Crippen LogP contribution in [0.25, 0.3) is 0 Å². The topological polar surface area (TPSA) is 78.7 Å². The van der Waals surface area contributed by atoms with E-state index in [1.165, 1.54) is 25.0 Å². The smallest absolute Gasteiger partial charge is 0.270 e. The number of nitro groups is 1. The SMILES string of the molecule is CN(C)c1ccc([N+](=O)[O-])cc1C(=O)N[C@H]1CCN2CCCC[C@@H]12. The van der Waals surface area contributed by atoms with E-state index in [0.717, 1.165) is 25.9 Å². The molecule has 2 heterocycles. The molecule has 2 aliphatic rings. The Balaban J connectivity index is 1.81. The van der Waals surface area contributed by atoms with E-state index in [1.54, 1.807) is 11.0 Å². The number of hydrogen-bond donors (Lipinski definition) is 1. The summed E-state index contributed by atoms with van der Waals surface area (Å²) < 4.78 is 0. The van der Waals surface area contributed by atoms with Crippen LogP contribution in [0.5, 0.6) is 0 Å². The van der Waals surface area contributed by atoms with Crippen LogP contribution in [0, 0.1) is 10.1 Å². The summed E-state index contributed by atoms with van der Waals surface area (Å²) in [6.07, 6.45) is 4.49.